The average Bonchev–Trinajstić information content (AvgIpc) is 2.66. The molecule has 0 heterocycles. The Bertz CT molecular complexity index is 740. The highest BCUT2D eigenvalue weighted by Gasteiger charge is 2.32. The van der Waals surface area contributed by atoms with Gasteiger partial charge in [-0.2, -0.15) is 0 Å². The van der Waals surface area contributed by atoms with E-state index in [4.69, 9.17) is 16.6 Å². The topological polar surface area (TPSA) is 231 Å². The summed E-state index contributed by atoms with van der Waals surface area (Å²) in [6.07, 6.45) is -1.11. The van der Waals surface area contributed by atoms with Crippen molar-refractivity contribution in [3.8, 4) is 0 Å². The lowest BCUT2D eigenvalue weighted by Gasteiger charge is -2.26. The van der Waals surface area contributed by atoms with E-state index in [2.05, 4.69) is 16.0 Å². The van der Waals surface area contributed by atoms with Gasteiger partial charge < -0.3 is 37.6 Å². The zero-order chi connectivity index (χ0) is 25.9. The molecule has 0 aliphatic heterocycles. The monoisotopic (exact) mass is 473 g/mol. The summed E-state index contributed by atoms with van der Waals surface area (Å²) < 4.78 is 0. The minimum absolute atomic E-state index is 0.0700. The molecule has 4 amide bonds. The number of carbonyl (C=O) groups excluding carboxylic acids is 4. The molecule has 13 nitrogen and oxygen atoms in total. The molecule has 0 aliphatic rings. The molecule has 0 fully saturated rings. The summed E-state index contributed by atoms with van der Waals surface area (Å²) in [6.45, 7) is 6.80. The summed E-state index contributed by atoms with van der Waals surface area (Å²) in [5.41, 5.74) is 10.6. The van der Waals surface area contributed by atoms with E-state index < -0.39 is 78.5 Å². The second-order valence-corrected chi connectivity index (χ2v) is 8.53. The van der Waals surface area contributed by atoms with Crippen molar-refractivity contribution in [3.63, 3.8) is 0 Å². The van der Waals surface area contributed by atoms with Gasteiger partial charge in [-0.1, -0.05) is 27.7 Å². The fourth-order valence-electron chi connectivity index (χ4n) is 2.87. The first-order valence-electron chi connectivity index (χ1n) is 10.5. The maximum Gasteiger partial charge on any atom is 0.326 e. The van der Waals surface area contributed by atoms with Gasteiger partial charge in [0.25, 0.3) is 0 Å². The Hall–Kier alpha value is -3.22. The zero-order valence-corrected chi connectivity index (χ0v) is 19.3. The predicted molar refractivity (Wildman–Crippen MR) is 116 cm³/mol. The van der Waals surface area contributed by atoms with Crippen molar-refractivity contribution in [2.24, 2.45) is 23.3 Å². The van der Waals surface area contributed by atoms with E-state index in [1.807, 2.05) is 0 Å². The molecule has 0 aromatic rings. The van der Waals surface area contributed by atoms with Gasteiger partial charge in [0, 0.05) is 6.42 Å². The van der Waals surface area contributed by atoms with Crippen LogP contribution in [0.4, 0.5) is 0 Å². The van der Waals surface area contributed by atoms with Crippen LogP contribution in [0.2, 0.25) is 0 Å². The molecule has 33 heavy (non-hydrogen) atoms. The molecule has 0 bridgehead atoms. The largest absolute Gasteiger partial charge is 0.481 e. The van der Waals surface area contributed by atoms with E-state index in [0.29, 0.717) is 0 Å². The van der Waals surface area contributed by atoms with Crippen molar-refractivity contribution in [1.82, 2.24) is 16.0 Å². The fraction of sp³-hybridized carbons (Fsp3) is 0.700. The summed E-state index contributed by atoms with van der Waals surface area (Å²) >= 11 is 0. The minimum atomic E-state index is -1.37. The predicted octanol–water partition coefficient (Wildman–Crippen LogP) is -1.70. The second kappa shape index (κ2) is 14.0. The third-order valence-corrected chi connectivity index (χ3v) is 4.61. The summed E-state index contributed by atoms with van der Waals surface area (Å²) in [6, 6.07) is -5.03. The fourth-order valence-corrected chi connectivity index (χ4v) is 2.87. The van der Waals surface area contributed by atoms with Gasteiger partial charge in [-0.25, -0.2) is 4.79 Å². The number of rotatable bonds is 15. The average molecular weight is 474 g/mol. The van der Waals surface area contributed by atoms with Crippen LogP contribution < -0.4 is 27.4 Å². The molecule has 0 radical (unpaired) electrons. The minimum Gasteiger partial charge on any atom is -0.481 e. The first-order valence-corrected chi connectivity index (χ1v) is 10.5. The molecule has 0 saturated carbocycles. The van der Waals surface area contributed by atoms with Crippen LogP contribution in [0.5, 0.6) is 0 Å². The van der Waals surface area contributed by atoms with E-state index in [0.717, 1.165) is 0 Å². The molecule has 0 rings (SSSR count). The molecular formula is C20H35N5O8. The maximum atomic E-state index is 12.8. The molecule has 0 spiro atoms. The Morgan fingerprint density at radius 3 is 1.76 bits per heavy atom. The van der Waals surface area contributed by atoms with Crippen LogP contribution >= 0.6 is 0 Å². The lowest BCUT2D eigenvalue weighted by atomic mass is 9.99. The van der Waals surface area contributed by atoms with Crippen molar-refractivity contribution >= 4 is 35.6 Å². The number of aliphatic carboxylic acids is 2. The molecule has 4 unspecified atom stereocenters. The number of carboxylic acid groups (broad SMARTS) is 2. The molecule has 0 aromatic carbocycles. The lowest BCUT2D eigenvalue weighted by molar-refractivity contribution is -0.143. The maximum absolute atomic E-state index is 12.8. The number of nitrogens with one attached hydrogen (secondary N) is 3. The van der Waals surface area contributed by atoms with E-state index in [9.17, 15) is 33.9 Å². The van der Waals surface area contributed by atoms with Gasteiger partial charge in [0.1, 0.15) is 18.1 Å². The van der Waals surface area contributed by atoms with Crippen LogP contribution in [-0.2, 0) is 28.8 Å². The summed E-state index contributed by atoms with van der Waals surface area (Å²) in [7, 11) is 0. The van der Waals surface area contributed by atoms with Crippen LogP contribution in [0, 0.1) is 11.8 Å². The number of amides is 4. The highest BCUT2D eigenvalue weighted by Crippen LogP contribution is 2.09. The molecule has 0 aromatic heterocycles. The van der Waals surface area contributed by atoms with E-state index in [1.165, 1.54) is 0 Å². The molecule has 9 N–H and O–H groups in total. The SMILES string of the molecule is CC(C)CC(NC(=O)C(CCC(=O)O)NC(=O)C(N)CC(N)=O)C(=O)NC(C(=O)O)C(C)C. The standard InChI is InChI=1S/C20H35N5O8/c1-9(2)7-13(19(31)25-16(10(3)4)20(32)33)24-18(30)12(5-6-15(27)28)23-17(29)11(21)8-14(22)26/h9-13,16H,5-8,21H2,1-4H3,(H2,22,26)(H,23,29)(H,24,30)(H,25,31)(H,27,28)(H,32,33). The Morgan fingerprint density at radius 1 is 0.818 bits per heavy atom. The Morgan fingerprint density at radius 2 is 1.33 bits per heavy atom. The first-order chi connectivity index (χ1) is 15.1. The van der Waals surface area contributed by atoms with Gasteiger partial charge in [-0.15, -0.1) is 0 Å². The molecule has 0 aliphatic carbocycles. The van der Waals surface area contributed by atoms with Crippen LogP contribution in [0.15, 0.2) is 0 Å². The van der Waals surface area contributed by atoms with Crippen LogP contribution in [-0.4, -0.2) is 69.9 Å². The number of carbonyl (C=O) groups is 6. The molecule has 4 atom stereocenters. The number of hydrogen-bond donors (Lipinski definition) is 7. The Labute approximate surface area is 192 Å². The smallest absolute Gasteiger partial charge is 0.326 e. The van der Waals surface area contributed by atoms with Crippen molar-refractivity contribution in [1.29, 1.82) is 0 Å². The number of hydrogen-bond acceptors (Lipinski definition) is 7. The van der Waals surface area contributed by atoms with Gasteiger partial charge in [0.05, 0.1) is 12.5 Å². The molecule has 0 saturated heterocycles. The summed E-state index contributed by atoms with van der Waals surface area (Å²) in [4.78, 5) is 71.1. The summed E-state index contributed by atoms with van der Waals surface area (Å²) in [5.74, 6) is -6.26. The first kappa shape index (κ1) is 29.8. The second-order valence-electron chi connectivity index (χ2n) is 8.53. The van der Waals surface area contributed by atoms with Gasteiger partial charge in [0.2, 0.25) is 23.6 Å². The third kappa shape index (κ3) is 11.8. The van der Waals surface area contributed by atoms with Crippen molar-refractivity contribution in [2.75, 3.05) is 0 Å². The van der Waals surface area contributed by atoms with Crippen molar-refractivity contribution in [2.45, 2.75) is 77.5 Å². The van der Waals surface area contributed by atoms with Crippen LogP contribution in [0.3, 0.4) is 0 Å². The Balaban J connectivity index is 5.57. The number of carboxylic acids is 2. The van der Waals surface area contributed by atoms with Crippen molar-refractivity contribution < 1.29 is 39.0 Å². The number of primary amides is 1. The lowest BCUT2D eigenvalue weighted by Crippen LogP contribution is -2.58. The zero-order valence-electron chi connectivity index (χ0n) is 19.3. The van der Waals surface area contributed by atoms with Gasteiger partial charge >= 0.3 is 11.9 Å². The highest BCUT2D eigenvalue weighted by molar-refractivity contribution is 5.95. The molecule has 188 valence electrons. The van der Waals surface area contributed by atoms with Crippen molar-refractivity contribution in [3.05, 3.63) is 0 Å². The Kier molecular flexibility index (Phi) is 12.7. The number of nitrogens with two attached hydrogens (primary N) is 2. The van der Waals surface area contributed by atoms with Gasteiger partial charge in [-0.3, -0.25) is 24.0 Å². The van der Waals surface area contributed by atoms with Crippen LogP contribution in [0.1, 0.15) is 53.4 Å². The quantitative estimate of drug-likeness (QED) is 0.143. The van der Waals surface area contributed by atoms with Gasteiger partial charge in [-0.05, 0) is 24.7 Å². The highest BCUT2D eigenvalue weighted by atomic mass is 16.4. The third-order valence-electron chi connectivity index (χ3n) is 4.61. The van der Waals surface area contributed by atoms with E-state index in [1.54, 1.807) is 27.7 Å². The molecule has 13 heteroatoms. The normalized spacial score (nSPS) is 14.6. The summed E-state index contributed by atoms with van der Waals surface area (Å²) in [5, 5.41) is 25.4. The van der Waals surface area contributed by atoms with Crippen LogP contribution in [0.25, 0.3) is 0 Å². The van der Waals surface area contributed by atoms with E-state index in [-0.39, 0.29) is 18.8 Å². The molecular weight excluding hydrogens is 438 g/mol. The van der Waals surface area contributed by atoms with Gasteiger partial charge in [0.15, 0.2) is 0 Å². The van der Waals surface area contributed by atoms with E-state index >= 15 is 0 Å².